The fraction of sp³-hybridized carbons (Fsp3) is 1.00. The molecule has 1 atom stereocenters. The van der Waals surface area contributed by atoms with Crippen molar-refractivity contribution in [1.29, 1.82) is 0 Å². The van der Waals surface area contributed by atoms with Crippen LogP contribution in [-0.4, -0.2) is 47.8 Å². The van der Waals surface area contributed by atoms with Crippen molar-refractivity contribution in [3.63, 3.8) is 0 Å². The van der Waals surface area contributed by atoms with Crippen molar-refractivity contribution in [2.24, 2.45) is 0 Å². The minimum atomic E-state index is -0.138. The minimum absolute atomic E-state index is 0.138. The molecule has 3 nitrogen and oxygen atoms in total. The molecule has 0 aliphatic heterocycles. The largest absolute Gasteiger partial charge is 0.394 e. The molecule has 0 aromatic heterocycles. The lowest BCUT2D eigenvalue weighted by molar-refractivity contribution is 0.133. The molecule has 2 N–H and O–H groups in total. The van der Waals surface area contributed by atoms with Crippen molar-refractivity contribution in [2.45, 2.75) is 70.5 Å². The first-order valence-corrected chi connectivity index (χ1v) is 7.05. The van der Waals surface area contributed by atoms with E-state index >= 15 is 0 Å². The first kappa shape index (κ1) is 14.9. The van der Waals surface area contributed by atoms with Gasteiger partial charge in [-0.05, 0) is 39.8 Å². The van der Waals surface area contributed by atoms with Gasteiger partial charge in [-0.25, -0.2) is 0 Å². The van der Waals surface area contributed by atoms with E-state index in [4.69, 9.17) is 0 Å². The van der Waals surface area contributed by atoms with E-state index in [1.54, 1.807) is 0 Å². The highest BCUT2D eigenvalue weighted by Crippen LogP contribution is 2.23. The van der Waals surface area contributed by atoms with Crippen molar-refractivity contribution >= 4 is 0 Å². The maximum Gasteiger partial charge on any atom is 0.0611 e. The normalized spacial score (nSPS) is 21.4. The van der Waals surface area contributed by atoms with Gasteiger partial charge < -0.3 is 15.3 Å². The van der Waals surface area contributed by atoms with Crippen LogP contribution >= 0.6 is 0 Å². The summed E-state index contributed by atoms with van der Waals surface area (Å²) in [4.78, 5) is 2.48. The average Bonchev–Trinajstić information content (AvgIpc) is 2.78. The van der Waals surface area contributed by atoms with Gasteiger partial charge in [0.15, 0.2) is 0 Å². The van der Waals surface area contributed by atoms with Crippen molar-refractivity contribution in [3.05, 3.63) is 0 Å². The molecule has 0 spiro atoms. The molecule has 1 aliphatic rings. The molecule has 0 saturated heterocycles. The SMILES string of the molecule is CC(C)NC(C)(CO)CCN(C)C1CCCC1. The highest BCUT2D eigenvalue weighted by atomic mass is 16.3. The first-order chi connectivity index (χ1) is 7.97. The number of nitrogens with zero attached hydrogens (tertiary/aromatic N) is 1. The number of hydrogen-bond donors (Lipinski definition) is 2. The lowest BCUT2D eigenvalue weighted by Crippen LogP contribution is -2.51. The van der Waals surface area contributed by atoms with Crippen LogP contribution in [0.3, 0.4) is 0 Å². The zero-order chi connectivity index (χ0) is 12.9. The quantitative estimate of drug-likeness (QED) is 0.717. The van der Waals surface area contributed by atoms with Crippen LogP contribution in [0.2, 0.25) is 0 Å². The molecule has 0 radical (unpaired) electrons. The van der Waals surface area contributed by atoms with Gasteiger partial charge in [-0.15, -0.1) is 0 Å². The van der Waals surface area contributed by atoms with E-state index in [0.29, 0.717) is 6.04 Å². The lowest BCUT2D eigenvalue weighted by atomic mass is 9.97. The van der Waals surface area contributed by atoms with Crippen LogP contribution in [0.25, 0.3) is 0 Å². The van der Waals surface area contributed by atoms with E-state index in [2.05, 4.69) is 38.0 Å². The summed E-state index contributed by atoms with van der Waals surface area (Å²) in [7, 11) is 2.23. The highest BCUT2D eigenvalue weighted by molar-refractivity contribution is 4.86. The summed E-state index contributed by atoms with van der Waals surface area (Å²) < 4.78 is 0. The van der Waals surface area contributed by atoms with Crippen LogP contribution in [0, 0.1) is 0 Å². The monoisotopic (exact) mass is 242 g/mol. The second kappa shape index (κ2) is 6.72. The molecular formula is C14H30N2O. The van der Waals surface area contributed by atoms with Crippen molar-refractivity contribution in [1.82, 2.24) is 10.2 Å². The summed E-state index contributed by atoms with van der Waals surface area (Å²) in [5.41, 5.74) is -0.138. The molecule has 0 aromatic rings. The summed E-state index contributed by atoms with van der Waals surface area (Å²) in [6.45, 7) is 7.67. The van der Waals surface area contributed by atoms with Crippen LogP contribution < -0.4 is 5.32 Å². The maximum absolute atomic E-state index is 9.53. The van der Waals surface area contributed by atoms with Crippen LogP contribution in [0.4, 0.5) is 0 Å². The van der Waals surface area contributed by atoms with Gasteiger partial charge in [0.05, 0.1) is 6.61 Å². The summed E-state index contributed by atoms with van der Waals surface area (Å²) in [5.74, 6) is 0. The molecule has 0 bridgehead atoms. The molecule has 1 rings (SSSR count). The molecule has 0 aromatic carbocycles. The Morgan fingerprint density at radius 3 is 2.41 bits per heavy atom. The summed E-state index contributed by atoms with van der Waals surface area (Å²) in [6.07, 6.45) is 6.48. The molecule has 3 heteroatoms. The third-order valence-corrected chi connectivity index (χ3v) is 3.95. The van der Waals surface area contributed by atoms with E-state index in [-0.39, 0.29) is 12.1 Å². The van der Waals surface area contributed by atoms with Crippen LogP contribution in [0.15, 0.2) is 0 Å². The topological polar surface area (TPSA) is 35.5 Å². The molecule has 0 heterocycles. The van der Waals surface area contributed by atoms with Gasteiger partial charge in [0.2, 0.25) is 0 Å². The van der Waals surface area contributed by atoms with Gasteiger partial charge in [-0.2, -0.15) is 0 Å². The fourth-order valence-corrected chi connectivity index (χ4v) is 2.84. The minimum Gasteiger partial charge on any atom is -0.394 e. The molecule has 1 aliphatic carbocycles. The zero-order valence-electron chi connectivity index (χ0n) is 12.0. The van der Waals surface area contributed by atoms with Gasteiger partial charge in [0.25, 0.3) is 0 Å². The highest BCUT2D eigenvalue weighted by Gasteiger charge is 2.26. The Kier molecular flexibility index (Phi) is 5.90. The molecule has 0 amide bonds. The third kappa shape index (κ3) is 4.94. The van der Waals surface area contributed by atoms with Gasteiger partial charge >= 0.3 is 0 Å². The Morgan fingerprint density at radius 1 is 1.35 bits per heavy atom. The number of nitrogens with one attached hydrogen (secondary N) is 1. The second-order valence-electron chi connectivity index (χ2n) is 6.19. The van der Waals surface area contributed by atoms with Gasteiger partial charge in [0, 0.05) is 17.6 Å². The zero-order valence-corrected chi connectivity index (χ0v) is 12.0. The maximum atomic E-state index is 9.53. The van der Waals surface area contributed by atoms with E-state index in [1.165, 1.54) is 25.7 Å². The summed E-state index contributed by atoms with van der Waals surface area (Å²) in [6, 6.07) is 1.20. The van der Waals surface area contributed by atoms with E-state index in [1.807, 2.05) is 0 Å². The average molecular weight is 242 g/mol. The van der Waals surface area contributed by atoms with Crippen molar-refractivity contribution < 1.29 is 5.11 Å². The first-order valence-electron chi connectivity index (χ1n) is 7.05. The number of hydrogen-bond acceptors (Lipinski definition) is 3. The third-order valence-electron chi connectivity index (χ3n) is 3.95. The molecule has 1 saturated carbocycles. The Hall–Kier alpha value is -0.120. The Balaban J connectivity index is 2.35. The van der Waals surface area contributed by atoms with E-state index in [9.17, 15) is 5.11 Å². The molecule has 102 valence electrons. The molecule has 1 fully saturated rings. The summed E-state index contributed by atoms with van der Waals surface area (Å²) in [5, 5.41) is 13.0. The second-order valence-corrected chi connectivity index (χ2v) is 6.19. The number of rotatable bonds is 7. The molecule has 17 heavy (non-hydrogen) atoms. The van der Waals surface area contributed by atoms with Gasteiger partial charge in [-0.3, -0.25) is 0 Å². The predicted octanol–water partition coefficient (Wildman–Crippen LogP) is 2.00. The van der Waals surface area contributed by atoms with Crippen LogP contribution in [0.5, 0.6) is 0 Å². The predicted molar refractivity (Wildman–Crippen MR) is 73.3 cm³/mol. The van der Waals surface area contributed by atoms with E-state index < -0.39 is 0 Å². The van der Waals surface area contributed by atoms with Crippen molar-refractivity contribution in [3.8, 4) is 0 Å². The van der Waals surface area contributed by atoms with Crippen LogP contribution in [-0.2, 0) is 0 Å². The standard InChI is InChI=1S/C14H30N2O/c1-12(2)15-14(3,11-17)9-10-16(4)13-7-5-6-8-13/h12-13,15,17H,5-11H2,1-4H3. The Morgan fingerprint density at radius 2 is 1.94 bits per heavy atom. The Bertz CT molecular complexity index is 214. The number of aliphatic hydroxyl groups is 1. The Labute approximate surface area is 107 Å². The fourth-order valence-electron chi connectivity index (χ4n) is 2.84. The summed E-state index contributed by atoms with van der Waals surface area (Å²) >= 11 is 0. The van der Waals surface area contributed by atoms with E-state index in [0.717, 1.165) is 19.0 Å². The van der Waals surface area contributed by atoms with Gasteiger partial charge in [-0.1, -0.05) is 26.7 Å². The van der Waals surface area contributed by atoms with Crippen LogP contribution in [0.1, 0.15) is 52.9 Å². The molecule has 1 unspecified atom stereocenters. The lowest BCUT2D eigenvalue weighted by Gasteiger charge is -2.34. The number of aliphatic hydroxyl groups excluding tert-OH is 1. The van der Waals surface area contributed by atoms with Gasteiger partial charge in [0.1, 0.15) is 0 Å². The van der Waals surface area contributed by atoms with Crippen molar-refractivity contribution in [2.75, 3.05) is 20.2 Å². The molecular weight excluding hydrogens is 212 g/mol. The smallest absolute Gasteiger partial charge is 0.0611 e.